The third-order valence-corrected chi connectivity index (χ3v) is 6.37. The van der Waals surface area contributed by atoms with E-state index in [2.05, 4.69) is 23.7 Å². The first-order chi connectivity index (χ1) is 16.8. The molecule has 1 aromatic heterocycles. The molecule has 0 spiro atoms. The molecule has 3 aromatic rings. The lowest BCUT2D eigenvalue weighted by molar-refractivity contribution is -0.140. The first-order valence-electron chi connectivity index (χ1n) is 11.6. The summed E-state index contributed by atoms with van der Waals surface area (Å²) in [5, 5.41) is 11.2. The maximum Gasteiger partial charge on any atom is 0.296 e. The van der Waals surface area contributed by atoms with Crippen LogP contribution < -0.4 is 4.90 Å². The molecule has 0 radical (unpaired) electrons. The number of halogens is 1. The molecular formula is C28H28FN3O3. The van der Waals surface area contributed by atoms with Gasteiger partial charge in [-0.25, -0.2) is 4.39 Å². The summed E-state index contributed by atoms with van der Waals surface area (Å²) in [6.07, 6.45) is 1.63. The summed E-state index contributed by atoms with van der Waals surface area (Å²) in [4.78, 5) is 34.3. The molecule has 1 atom stereocenters. The minimum absolute atomic E-state index is 0.0208. The van der Waals surface area contributed by atoms with Crippen molar-refractivity contribution in [3.63, 3.8) is 0 Å². The number of aliphatic hydroxyl groups excluding tert-OH is 1. The normalized spacial score (nSPS) is 17.1. The highest BCUT2D eigenvalue weighted by Gasteiger charge is 2.46. The molecule has 4 rings (SSSR count). The van der Waals surface area contributed by atoms with Gasteiger partial charge in [0.15, 0.2) is 0 Å². The van der Waals surface area contributed by atoms with Gasteiger partial charge < -0.3 is 14.9 Å². The maximum absolute atomic E-state index is 13.8. The van der Waals surface area contributed by atoms with Crippen LogP contribution >= 0.6 is 0 Å². The smallest absolute Gasteiger partial charge is 0.296 e. The van der Waals surface area contributed by atoms with E-state index in [0.29, 0.717) is 16.8 Å². The number of Topliss-reactive ketones (excluding diaryl/α,β-unsaturated/α-hetero) is 1. The molecule has 1 N–H and O–H groups in total. The highest BCUT2D eigenvalue weighted by molar-refractivity contribution is 6.46. The number of carbonyl (C=O) groups excluding carboxylic acids is 2. The Morgan fingerprint density at radius 2 is 1.77 bits per heavy atom. The minimum atomic E-state index is -0.812. The van der Waals surface area contributed by atoms with Crippen LogP contribution in [0.1, 0.15) is 42.3 Å². The van der Waals surface area contributed by atoms with Crippen molar-refractivity contribution in [3.8, 4) is 0 Å². The molecule has 1 unspecified atom stereocenters. The second kappa shape index (κ2) is 10.1. The number of pyridine rings is 1. The highest BCUT2D eigenvalue weighted by atomic mass is 19.1. The van der Waals surface area contributed by atoms with Crippen LogP contribution in [-0.4, -0.2) is 39.8 Å². The Labute approximate surface area is 204 Å². The fourth-order valence-corrected chi connectivity index (χ4v) is 4.46. The summed E-state index contributed by atoms with van der Waals surface area (Å²) in [7, 11) is 0. The van der Waals surface area contributed by atoms with E-state index in [4.69, 9.17) is 0 Å². The second-order valence-corrected chi connectivity index (χ2v) is 8.48. The van der Waals surface area contributed by atoms with E-state index >= 15 is 0 Å². The predicted octanol–water partition coefficient (Wildman–Crippen LogP) is 5.00. The Hall–Kier alpha value is -4.00. The molecule has 1 saturated heterocycles. The number of nitrogens with zero attached hydrogens (tertiary/aromatic N) is 3. The Balaban J connectivity index is 1.84. The van der Waals surface area contributed by atoms with E-state index < -0.39 is 23.5 Å². The molecule has 6 nitrogen and oxygen atoms in total. The van der Waals surface area contributed by atoms with Crippen LogP contribution in [0, 0.1) is 12.7 Å². The van der Waals surface area contributed by atoms with Gasteiger partial charge in [-0.1, -0.05) is 18.2 Å². The van der Waals surface area contributed by atoms with Gasteiger partial charge in [-0.15, -0.1) is 0 Å². The third-order valence-electron chi connectivity index (χ3n) is 6.37. The van der Waals surface area contributed by atoms with Crippen LogP contribution in [0.25, 0.3) is 5.76 Å². The van der Waals surface area contributed by atoms with Crippen molar-refractivity contribution in [2.45, 2.75) is 33.4 Å². The Morgan fingerprint density at radius 3 is 2.37 bits per heavy atom. The largest absolute Gasteiger partial charge is 0.507 e. The quantitative estimate of drug-likeness (QED) is 0.297. The van der Waals surface area contributed by atoms with Gasteiger partial charge in [0.05, 0.1) is 23.9 Å². The van der Waals surface area contributed by atoms with Crippen molar-refractivity contribution in [3.05, 3.63) is 101 Å². The zero-order chi connectivity index (χ0) is 25.1. The van der Waals surface area contributed by atoms with Crippen molar-refractivity contribution in [2.24, 2.45) is 0 Å². The van der Waals surface area contributed by atoms with Gasteiger partial charge in [-0.05, 0) is 74.4 Å². The van der Waals surface area contributed by atoms with Crippen LogP contribution in [-0.2, 0) is 16.1 Å². The number of hydrogen-bond donors (Lipinski definition) is 1. The molecule has 1 aliphatic heterocycles. The number of ketones is 1. The lowest BCUT2D eigenvalue weighted by Gasteiger charge is -2.26. The number of anilines is 1. The number of hydrogen-bond acceptors (Lipinski definition) is 5. The fraction of sp³-hybridized carbons (Fsp3) is 0.250. The van der Waals surface area contributed by atoms with Crippen molar-refractivity contribution in [2.75, 3.05) is 18.0 Å². The number of rotatable bonds is 7. The number of likely N-dealkylation sites (tertiary alicyclic amines) is 1. The van der Waals surface area contributed by atoms with E-state index in [1.54, 1.807) is 25.3 Å². The van der Waals surface area contributed by atoms with Crippen LogP contribution in [0.5, 0.6) is 0 Å². The summed E-state index contributed by atoms with van der Waals surface area (Å²) in [5.74, 6) is -2.24. The molecule has 1 amide bonds. The second-order valence-electron chi connectivity index (χ2n) is 8.48. The first-order valence-corrected chi connectivity index (χ1v) is 11.6. The van der Waals surface area contributed by atoms with E-state index in [1.165, 1.54) is 23.1 Å². The summed E-state index contributed by atoms with van der Waals surface area (Å²) < 4.78 is 13.8. The highest BCUT2D eigenvalue weighted by Crippen LogP contribution is 2.40. The number of carbonyl (C=O) groups is 2. The van der Waals surface area contributed by atoms with Gasteiger partial charge in [0.1, 0.15) is 11.6 Å². The van der Waals surface area contributed by atoms with Crippen LogP contribution in [0.3, 0.4) is 0 Å². The average molecular weight is 474 g/mol. The lowest BCUT2D eigenvalue weighted by atomic mass is 9.94. The molecule has 0 saturated carbocycles. The van der Waals surface area contributed by atoms with Crippen molar-refractivity contribution >= 4 is 23.1 Å². The van der Waals surface area contributed by atoms with E-state index in [1.807, 2.05) is 30.3 Å². The van der Waals surface area contributed by atoms with Gasteiger partial charge in [-0.2, -0.15) is 0 Å². The van der Waals surface area contributed by atoms with E-state index in [9.17, 15) is 19.1 Å². The molecule has 35 heavy (non-hydrogen) atoms. The molecular weight excluding hydrogens is 445 g/mol. The monoisotopic (exact) mass is 473 g/mol. The molecule has 2 heterocycles. The maximum atomic E-state index is 13.8. The van der Waals surface area contributed by atoms with Gasteiger partial charge in [0, 0.05) is 30.5 Å². The van der Waals surface area contributed by atoms with Crippen LogP contribution in [0.2, 0.25) is 0 Å². The summed E-state index contributed by atoms with van der Waals surface area (Å²) in [6.45, 7) is 7.52. The lowest BCUT2D eigenvalue weighted by Crippen LogP contribution is -2.29. The van der Waals surface area contributed by atoms with Gasteiger partial charge in [-0.3, -0.25) is 14.6 Å². The topological polar surface area (TPSA) is 73.7 Å². The van der Waals surface area contributed by atoms with Gasteiger partial charge in [0.2, 0.25) is 0 Å². The summed E-state index contributed by atoms with van der Waals surface area (Å²) in [5.41, 5.74) is 2.93. The molecule has 7 heteroatoms. The Bertz CT molecular complexity index is 1270. The minimum Gasteiger partial charge on any atom is -0.507 e. The van der Waals surface area contributed by atoms with Crippen molar-refractivity contribution in [1.29, 1.82) is 0 Å². The van der Waals surface area contributed by atoms with Crippen LogP contribution in [0.4, 0.5) is 10.1 Å². The number of aromatic nitrogens is 1. The molecule has 0 bridgehead atoms. The predicted molar refractivity (Wildman–Crippen MR) is 133 cm³/mol. The van der Waals surface area contributed by atoms with Crippen LogP contribution in [0.15, 0.2) is 72.4 Å². The zero-order valence-corrected chi connectivity index (χ0v) is 20.0. The Kier molecular flexibility index (Phi) is 6.96. The Morgan fingerprint density at radius 1 is 1.06 bits per heavy atom. The van der Waals surface area contributed by atoms with E-state index in [-0.39, 0.29) is 23.4 Å². The summed E-state index contributed by atoms with van der Waals surface area (Å²) >= 11 is 0. The number of aliphatic hydroxyl groups is 1. The molecule has 2 aromatic carbocycles. The molecule has 180 valence electrons. The standard InChI is InChI=1S/C28H28FN3O3/c1-4-31(5-2)22-12-9-19(10-13-22)25-24(26(33)20-11-14-23(29)18(3)16-20)27(34)28(35)32(25)17-21-8-6-7-15-30-21/h6-16,25,33H,4-5,17H2,1-3H3/b26-24-. The average Bonchev–Trinajstić information content (AvgIpc) is 3.12. The van der Waals surface area contributed by atoms with Gasteiger partial charge >= 0.3 is 0 Å². The number of benzene rings is 2. The zero-order valence-electron chi connectivity index (χ0n) is 20.0. The van der Waals surface area contributed by atoms with Crippen molar-refractivity contribution in [1.82, 2.24) is 9.88 Å². The first kappa shape index (κ1) is 24.1. The number of amides is 1. The molecule has 0 aliphatic carbocycles. The molecule has 1 fully saturated rings. The van der Waals surface area contributed by atoms with Gasteiger partial charge in [0.25, 0.3) is 11.7 Å². The summed E-state index contributed by atoms with van der Waals surface area (Å²) in [6, 6.07) is 16.3. The van der Waals surface area contributed by atoms with E-state index in [0.717, 1.165) is 18.8 Å². The fourth-order valence-electron chi connectivity index (χ4n) is 4.46. The molecule has 1 aliphatic rings. The number of aryl methyl sites for hydroxylation is 1. The third kappa shape index (κ3) is 4.67. The van der Waals surface area contributed by atoms with Crippen molar-refractivity contribution < 1.29 is 19.1 Å². The SMILES string of the molecule is CCN(CC)c1ccc(C2/C(=C(/O)c3ccc(F)c(C)c3)C(=O)C(=O)N2Cc2ccccn2)cc1.